The highest BCUT2D eigenvalue weighted by atomic mass is 16.5. The van der Waals surface area contributed by atoms with E-state index >= 15 is 0 Å². The first-order valence-corrected chi connectivity index (χ1v) is 6.81. The summed E-state index contributed by atoms with van der Waals surface area (Å²) in [5.41, 5.74) is 2.58. The van der Waals surface area contributed by atoms with Crippen LogP contribution in [0.4, 0.5) is 0 Å². The zero-order chi connectivity index (χ0) is 13.8. The maximum absolute atomic E-state index is 5.18. The average molecular weight is 261 g/mol. The van der Waals surface area contributed by atoms with Crippen LogP contribution in [0.1, 0.15) is 11.1 Å². The molecule has 20 heavy (non-hydrogen) atoms. The average Bonchev–Trinajstić information content (AvgIpc) is 2.53. The van der Waals surface area contributed by atoms with Crippen LogP contribution in [-0.2, 0) is 6.42 Å². The second-order valence-corrected chi connectivity index (χ2v) is 4.82. The van der Waals surface area contributed by atoms with E-state index in [2.05, 4.69) is 61.0 Å². The summed E-state index contributed by atoms with van der Waals surface area (Å²) in [5.74, 6) is 0.896. The van der Waals surface area contributed by atoms with Crippen molar-refractivity contribution in [2.45, 2.75) is 6.42 Å². The Hall–Kier alpha value is -2.28. The molecule has 0 heterocycles. The third kappa shape index (κ3) is 2.67. The minimum Gasteiger partial charge on any atom is -0.497 e. The predicted octanol–water partition coefficient (Wildman–Crippen LogP) is 4.64. The summed E-state index contributed by atoms with van der Waals surface area (Å²) in [7, 11) is 1.69. The molecule has 0 aromatic heterocycles. The van der Waals surface area contributed by atoms with E-state index in [1.807, 2.05) is 12.1 Å². The van der Waals surface area contributed by atoms with E-state index in [0.29, 0.717) is 0 Å². The van der Waals surface area contributed by atoms with Gasteiger partial charge in [-0.3, -0.25) is 0 Å². The quantitative estimate of drug-likeness (QED) is 0.664. The first-order valence-electron chi connectivity index (χ1n) is 6.81. The molecule has 0 N–H and O–H groups in total. The fourth-order valence-electron chi connectivity index (χ4n) is 2.44. The van der Waals surface area contributed by atoms with Crippen molar-refractivity contribution < 1.29 is 4.74 Å². The van der Waals surface area contributed by atoms with Crippen molar-refractivity contribution in [2.75, 3.05) is 7.11 Å². The molecule has 0 saturated carbocycles. The van der Waals surface area contributed by atoms with Crippen molar-refractivity contribution in [3.8, 4) is 5.75 Å². The van der Waals surface area contributed by atoms with Gasteiger partial charge in [0.1, 0.15) is 5.75 Å². The molecule has 3 rings (SSSR count). The number of hydrogen-bond donors (Lipinski definition) is 0. The molecular formula is C19H17O. The molecule has 0 fully saturated rings. The third-order valence-electron chi connectivity index (χ3n) is 3.55. The molecule has 3 aromatic rings. The van der Waals surface area contributed by atoms with E-state index in [1.165, 1.54) is 21.9 Å². The van der Waals surface area contributed by atoms with Crippen LogP contribution in [0.5, 0.6) is 5.75 Å². The van der Waals surface area contributed by atoms with Crippen LogP contribution >= 0.6 is 0 Å². The van der Waals surface area contributed by atoms with Crippen molar-refractivity contribution >= 4 is 10.8 Å². The topological polar surface area (TPSA) is 9.23 Å². The maximum Gasteiger partial charge on any atom is 0.118 e. The van der Waals surface area contributed by atoms with Gasteiger partial charge in [0.15, 0.2) is 0 Å². The van der Waals surface area contributed by atoms with Crippen LogP contribution in [0.15, 0.2) is 66.7 Å². The highest BCUT2D eigenvalue weighted by molar-refractivity contribution is 5.85. The lowest BCUT2D eigenvalue weighted by atomic mass is 9.98. The number of rotatable bonds is 4. The Bertz CT molecular complexity index is 693. The fraction of sp³-hybridized carbons (Fsp3) is 0.105. The van der Waals surface area contributed by atoms with Gasteiger partial charge in [0.05, 0.1) is 7.11 Å². The van der Waals surface area contributed by atoms with E-state index in [1.54, 1.807) is 7.11 Å². The van der Waals surface area contributed by atoms with Crippen molar-refractivity contribution in [3.63, 3.8) is 0 Å². The van der Waals surface area contributed by atoms with Crippen molar-refractivity contribution in [3.05, 3.63) is 84.3 Å². The highest BCUT2D eigenvalue weighted by Gasteiger charge is 2.01. The summed E-state index contributed by atoms with van der Waals surface area (Å²) in [6.07, 6.45) is 3.19. The Balaban J connectivity index is 1.79. The monoisotopic (exact) mass is 261 g/mol. The van der Waals surface area contributed by atoms with Crippen LogP contribution in [-0.4, -0.2) is 7.11 Å². The van der Waals surface area contributed by atoms with E-state index in [4.69, 9.17) is 4.74 Å². The van der Waals surface area contributed by atoms with Gasteiger partial charge in [-0.1, -0.05) is 54.6 Å². The molecule has 99 valence electrons. The molecule has 0 atom stereocenters. The molecule has 0 aliphatic heterocycles. The Morgan fingerprint density at radius 1 is 0.850 bits per heavy atom. The van der Waals surface area contributed by atoms with Gasteiger partial charge in [-0.25, -0.2) is 0 Å². The van der Waals surface area contributed by atoms with E-state index < -0.39 is 0 Å². The zero-order valence-electron chi connectivity index (χ0n) is 11.5. The molecule has 1 radical (unpaired) electrons. The molecule has 0 unspecified atom stereocenters. The molecule has 1 heteroatoms. The lowest BCUT2D eigenvalue weighted by molar-refractivity contribution is 0.414. The first kappa shape index (κ1) is 12.7. The zero-order valence-corrected chi connectivity index (χ0v) is 11.5. The SMILES string of the molecule is COc1ccc([CH]Cc2cccc3ccccc23)cc1. The first-order chi connectivity index (χ1) is 9.86. The van der Waals surface area contributed by atoms with Gasteiger partial charge in [0, 0.05) is 0 Å². The second-order valence-electron chi connectivity index (χ2n) is 4.82. The summed E-state index contributed by atoms with van der Waals surface area (Å²) in [4.78, 5) is 0. The Morgan fingerprint density at radius 3 is 2.40 bits per heavy atom. The van der Waals surface area contributed by atoms with E-state index in [-0.39, 0.29) is 0 Å². The van der Waals surface area contributed by atoms with Gasteiger partial charge < -0.3 is 4.74 Å². The Morgan fingerprint density at radius 2 is 1.60 bits per heavy atom. The maximum atomic E-state index is 5.18. The van der Waals surface area contributed by atoms with E-state index in [9.17, 15) is 0 Å². The molecule has 0 aliphatic rings. The van der Waals surface area contributed by atoms with Gasteiger partial charge in [-0.05, 0) is 46.9 Å². The summed E-state index contributed by atoms with van der Waals surface area (Å²) in [6, 6.07) is 23.2. The van der Waals surface area contributed by atoms with Gasteiger partial charge in [-0.2, -0.15) is 0 Å². The minimum atomic E-state index is 0.896. The number of fused-ring (bicyclic) bond motifs is 1. The summed E-state index contributed by atoms with van der Waals surface area (Å²) < 4.78 is 5.18. The summed E-state index contributed by atoms with van der Waals surface area (Å²) in [6.45, 7) is 0. The van der Waals surface area contributed by atoms with Crippen LogP contribution in [0.2, 0.25) is 0 Å². The third-order valence-corrected chi connectivity index (χ3v) is 3.55. The smallest absolute Gasteiger partial charge is 0.118 e. The molecule has 0 aliphatic carbocycles. The normalized spacial score (nSPS) is 10.7. The Labute approximate surface area is 119 Å². The van der Waals surface area contributed by atoms with E-state index in [0.717, 1.165) is 12.2 Å². The fourth-order valence-corrected chi connectivity index (χ4v) is 2.44. The number of methoxy groups -OCH3 is 1. The van der Waals surface area contributed by atoms with Crippen molar-refractivity contribution in [1.82, 2.24) is 0 Å². The standard InChI is InChI=1S/C19H17O/c1-20-18-13-10-15(11-14-18)9-12-17-7-4-6-16-5-2-3-8-19(16)17/h2-11,13-14H,12H2,1H3. The summed E-state index contributed by atoms with van der Waals surface area (Å²) >= 11 is 0. The molecule has 1 nitrogen and oxygen atoms in total. The van der Waals surface area contributed by atoms with Crippen LogP contribution in [0, 0.1) is 6.42 Å². The largest absolute Gasteiger partial charge is 0.497 e. The summed E-state index contributed by atoms with van der Waals surface area (Å²) in [5, 5.41) is 2.63. The van der Waals surface area contributed by atoms with Crippen LogP contribution < -0.4 is 4.74 Å². The van der Waals surface area contributed by atoms with Gasteiger partial charge >= 0.3 is 0 Å². The minimum absolute atomic E-state index is 0.896. The van der Waals surface area contributed by atoms with Crippen LogP contribution in [0.25, 0.3) is 10.8 Å². The number of hydrogen-bond acceptors (Lipinski definition) is 1. The van der Waals surface area contributed by atoms with Gasteiger partial charge in [-0.15, -0.1) is 0 Å². The second kappa shape index (κ2) is 5.79. The van der Waals surface area contributed by atoms with Crippen LogP contribution in [0.3, 0.4) is 0 Å². The molecule has 0 amide bonds. The molecule has 0 bridgehead atoms. The number of ether oxygens (including phenoxy) is 1. The number of benzene rings is 3. The highest BCUT2D eigenvalue weighted by Crippen LogP contribution is 2.21. The molecule has 0 spiro atoms. The van der Waals surface area contributed by atoms with Gasteiger partial charge in [0.25, 0.3) is 0 Å². The lowest BCUT2D eigenvalue weighted by Crippen LogP contribution is -1.91. The van der Waals surface area contributed by atoms with Crippen molar-refractivity contribution in [2.24, 2.45) is 0 Å². The Kier molecular flexibility index (Phi) is 3.69. The molecule has 3 aromatic carbocycles. The van der Waals surface area contributed by atoms with Crippen molar-refractivity contribution in [1.29, 1.82) is 0 Å². The molecule has 0 saturated heterocycles. The lowest BCUT2D eigenvalue weighted by Gasteiger charge is -2.07. The molecular weight excluding hydrogens is 244 g/mol. The van der Waals surface area contributed by atoms with Gasteiger partial charge in [0.2, 0.25) is 0 Å². The predicted molar refractivity (Wildman–Crippen MR) is 84.0 cm³/mol.